The lowest BCUT2D eigenvalue weighted by Crippen LogP contribution is -2.46. The first kappa shape index (κ1) is 15.8. The Bertz CT molecular complexity index is 334. The minimum Gasteiger partial charge on any atom is -0.381 e. The topological polar surface area (TPSA) is 27.7 Å². The van der Waals surface area contributed by atoms with Crippen LogP contribution in [0.4, 0.5) is 0 Å². The molecule has 1 aromatic rings. The number of rotatable bonds is 7. The zero-order chi connectivity index (χ0) is 13.6. The molecule has 0 radical (unpaired) electrons. The minimum atomic E-state index is -1.22. The molecule has 0 N–H and O–H groups in total. The maximum atomic E-state index is 6.07. The Hall–Kier alpha value is -0.249. The molecule has 1 rings (SSSR count). The van der Waals surface area contributed by atoms with Gasteiger partial charge in [-0.1, -0.05) is 30.3 Å². The average molecular weight is 301 g/mol. The number of hydrogen-bond donors (Lipinski definition) is 0. The molecule has 3 nitrogen and oxygen atoms in total. The van der Waals surface area contributed by atoms with Crippen LogP contribution in [0.3, 0.4) is 0 Å². The van der Waals surface area contributed by atoms with Crippen LogP contribution in [-0.4, -0.2) is 34.5 Å². The van der Waals surface area contributed by atoms with E-state index in [2.05, 4.69) is 38.3 Å². The van der Waals surface area contributed by atoms with Crippen LogP contribution in [0.5, 0.6) is 0 Å². The third-order valence-electron chi connectivity index (χ3n) is 2.40. The van der Waals surface area contributed by atoms with E-state index in [-0.39, 0.29) is 0 Å². The van der Waals surface area contributed by atoms with Crippen molar-refractivity contribution < 1.29 is 13.3 Å². The van der Waals surface area contributed by atoms with Gasteiger partial charge < -0.3 is 13.3 Å². The predicted octanol–water partition coefficient (Wildman–Crippen LogP) is 1.18. The molecular formula is C12H24O3Si3. The second kappa shape index (κ2) is 7.37. The Labute approximate surface area is 116 Å². The van der Waals surface area contributed by atoms with Crippen molar-refractivity contribution >= 4 is 28.6 Å². The second-order valence-electron chi connectivity index (χ2n) is 4.88. The molecule has 0 amide bonds. The van der Waals surface area contributed by atoms with E-state index in [0.717, 1.165) is 0 Å². The molecule has 18 heavy (non-hydrogen) atoms. The Morgan fingerprint density at radius 3 is 1.89 bits per heavy atom. The Morgan fingerprint density at radius 2 is 1.50 bits per heavy atom. The van der Waals surface area contributed by atoms with Gasteiger partial charge in [-0.15, -0.1) is 0 Å². The first-order chi connectivity index (χ1) is 8.47. The first-order valence-electron chi connectivity index (χ1n) is 6.42. The zero-order valence-corrected chi connectivity index (χ0v) is 16.3. The Morgan fingerprint density at radius 1 is 1.00 bits per heavy atom. The van der Waals surface area contributed by atoms with E-state index < -0.39 is 24.1 Å². The highest BCUT2D eigenvalue weighted by atomic mass is 28.3. The highest BCUT2D eigenvalue weighted by Crippen LogP contribution is 2.22. The van der Waals surface area contributed by atoms with Crippen molar-refractivity contribution in [2.45, 2.75) is 38.6 Å². The van der Waals surface area contributed by atoms with Crippen LogP contribution in [0.1, 0.15) is 5.56 Å². The molecule has 0 aliphatic heterocycles. The molecule has 6 heteroatoms. The van der Waals surface area contributed by atoms with Gasteiger partial charge in [0.25, 0.3) is 5.97 Å². The van der Waals surface area contributed by atoms with Gasteiger partial charge in [0.1, 0.15) is 0 Å². The van der Waals surface area contributed by atoms with Gasteiger partial charge in [-0.05, 0) is 31.8 Å². The van der Waals surface area contributed by atoms with Crippen LogP contribution >= 0.6 is 0 Å². The van der Waals surface area contributed by atoms with E-state index >= 15 is 0 Å². The van der Waals surface area contributed by atoms with Crippen molar-refractivity contribution in [3.63, 3.8) is 0 Å². The summed E-state index contributed by atoms with van der Waals surface area (Å²) < 4.78 is 17.9. The minimum absolute atomic E-state index is 0.612. The van der Waals surface area contributed by atoms with E-state index in [4.69, 9.17) is 13.3 Å². The summed E-state index contributed by atoms with van der Waals surface area (Å²) in [5, 5.41) is 0. The molecule has 0 fully saturated rings. The molecule has 0 bridgehead atoms. The van der Waals surface area contributed by atoms with Gasteiger partial charge in [-0.3, -0.25) is 0 Å². The summed E-state index contributed by atoms with van der Waals surface area (Å²) in [5.41, 5.74) is 1.19. The van der Waals surface area contributed by atoms with Gasteiger partial charge in [0.05, 0.1) is 6.42 Å². The molecule has 1 aromatic carbocycles. The lowest BCUT2D eigenvalue weighted by atomic mass is 10.1. The predicted molar refractivity (Wildman–Crippen MR) is 83.8 cm³/mol. The van der Waals surface area contributed by atoms with Crippen LogP contribution < -0.4 is 0 Å². The lowest BCUT2D eigenvalue weighted by Gasteiger charge is -2.36. The highest BCUT2D eigenvalue weighted by Gasteiger charge is 2.33. The summed E-state index contributed by atoms with van der Waals surface area (Å²) in [6.07, 6.45) is 0.674. The molecule has 0 saturated heterocycles. The normalized spacial score (nSPS) is 12.6. The van der Waals surface area contributed by atoms with Crippen LogP contribution in [0, 0.1) is 0 Å². The zero-order valence-electron chi connectivity index (χ0n) is 12.0. The summed E-state index contributed by atoms with van der Waals surface area (Å²) in [5.74, 6) is -0.825. The highest BCUT2D eigenvalue weighted by molar-refractivity contribution is 6.49. The average Bonchev–Trinajstić information content (AvgIpc) is 2.28. The SMILES string of the molecule is C[SiH](C)OC(Cc1ccccc1)(O[SiH3])O[SiH](C)C. The third kappa shape index (κ3) is 5.17. The molecule has 102 valence electrons. The van der Waals surface area contributed by atoms with Crippen molar-refractivity contribution in [1.82, 2.24) is 0 Å². The van der Waals surface area contributed by atoms with E-state index in [0.29, 0.717) is 16.9 Å². The summed E-state index contributed by atoms with van der Waals surface area (Å²) in [6.45, 7) is 8.58. The maximum absolute atomic E-state index is 6.07. The van der Waals surface area contributed by atoms with Crippen LogP contribution in [0.2, 0.25) is 26.2 Å². The fourth-order valence-corrected chi connectivity index (χ4v) is 4.58. The van der Waals surface area contributed by atoms with Crippen LogP contribution in [0.25, 0.3) is 0 Å². The lowest BCUT2D eigenvalue weighted by molar-refractivity contribution is -0.256. The molecule has 0 heterocycles. The van der Waals surface area contributed by atoms with Crippen molar-refractivity contribution in [2.24, 2.45) is 0 Å². The number of hydrogen-bond acceptors (Lipinski definition) is 3. The smallest absolute Gasteiger partial charge is 0.257 e. The standard InChI is InChI=1S/C12H24O3Si3/c1-17(2)14-12(13-16,15-18(3)4)10-11-8-6-5-7-9-11/h5-9,17-18H,10H2,1-4,16H3. The summed E-state index contributed by atoms with van der Waals surface area (Å²) >= 11 is 0. The Kier molecular flexibility index (Phi) is 6.47. The van der Waals surface area contributed by atoms with E-state index in [1.165, 1.54) is 5.56 Å². The molecule has 0 unspecified atom stereocenters. The van der Waals surface area contributed by atoms with Gasteiger partial charge >= 0.3 is 0 Å². The monoisotopic (exact) mass is 300 g/mol. The third-order valence-corrected chi connectivity index (χ3v) is 4.69. The van der Waals surface area contributed by atoms with Gasteiger partial charge in [0.15, 0.2) is 28.6 Å². The maximum Gasteiger partial charge on any atom is 0.257 e. The van der Waals surface area contributed by atoms with E-state index in [1.807, 2.05) is 18.2 Å². The quantitative estimate of drug-likeness (QED) is 0.559. The van der Waals surface area contributed by atoms with Crippen molar-refractivity contribution in [2.75, 3.05) is 0 Å². The van der Waals surface area contributed by atoms with E-state index in [9.17, 15) is 0 Å². The van der Waals surface area contributed by atoms with Gasteiger partial charge in [-0.2, -0.15) is 0 Å². The van der Waals surface area contributed by atoms with Crippen LogP contribution in [0.15, 0.2) is 30.3 Å². The van der Waals surface area contributed by atoms with Gasteiger partial charge in [0.2, 0.25) is 0 Å². The van der Waals surface area contributed by atoms with Crippen molar-refractivity contribution in [3.8, 4) is 0 Å². The number of benzene rings is 1. The summed E-state index contributed by atoms with van der Waals surface area (Å²) in [6, 6.07) is 10.3. The molecule has 0 aliphatic rings. The molecule has 0 aliphatic carbocycles. The molecule has 0 spiro atoms. The van der Waals surface area contributed by atoms with Crippen molar-refractivity contribution in [1.29, 1.82) is 0 Å². The first-order valence-corrected chi connectivity index (χ1v) is 12.8. The molecular weight excluding hydrogens is 276 g/mol. The van der Waals surface area contributed by atoms with Gasteiger partial charge in [-0.25, -0.2) is 0 Å². The molecule has 0 saturated carbocycles. The Balaban J connectivity index is 2.87. The molecule has 0 aromatic heterocycles. The fourth-order valence-electron chi connectivity index (χ4n) is 1.84. The fraction of sp³-hybridized carbons (Fsp3) is 0.500. The van der Waals surface area contributed by atoms with Gasteiger partial charge in [0, 0.05) is 0 Å². The second-order valence-corrected chi connectivity index (χ2v) is 9.96. The van der Waals surface area contributed by atoms with E-state index in [1.54, 1.807) is 0 Å². The summed E-state index contributed by atoms with van der Waals surface area (Å²) in [4.78, 5) is 0. The van der Waals surface area contributed by atoms with Crippen LogP contribution in [-0.2, 0) is 19.7 Å². The summed E-state index contributed by atoms with van der Waals surface area (Å²) in [7, 11) is -1.83. The molecule has 0 atom stereocenters. The van der Waals surface area contributed by atoms with Crippen molar-refractivity contribution in [3.05, 3.63) is 35.9 Å². The largest absolute Gasteiger partial charge is 0.381 e.